The third-order valence-corrected chi connectivity index (χ3v) is 4.52. The molecule has 1 aromatic heterocycles. The number of rotatable bonds is 5. The zero-order chi connectivity index (χ0) is 18.0. The normalized spacial score (nSPS) is 17.1. The quantitative estimate of drug-likeness (QED) is 0.781. The van der Waals surface area contributed by atoms with Crippen molar-refractivity contribution in [1.82, 2.24) is 14.7 Å². The maximum Gasteiger partial charge on any atom is 0.227 e. The maximum atomic E-state index is 13.8. The summed E-state index contributed by atoms with van der Waals surface area (Å²) >= 11 is 0. The molecule has 25 heavy (non-hydrogen) atoms. The van der Waals surface area contributed by atoms with Crippen LogP contribution in [0.3, 0.4) is 0 Å². The molecule has 1 atom stereocenters. The molecule has 1 unspecified atom stereocenters. The highest BCUT2D eigenvalue weighted by Gasteiger charge is 2.31. The van der Waals surface area contributed by atoms with Crippen molar-refractivity contribution in [3.8, 4) is 0 Å². The lowest BCUT2D eigenvalue weighted by atomic mass is 10.0. The van der Waals surface area contributed by atoms with Crippen LogP contribution in [0.2, 0.25) is 0 Å². The topological polar surface area (TPSA) is 55.2 Å². The fourth-order valence-electron chi connectivity index (χ4n) is 3.22. The Kier molecular flexibility index (Phi) is 4.92. The summed E-state index contributed by atoms with van der Waals surface area (Å²) in [4.78, 5) is 26.5. The zero-order valence-electron chi connectivity index (χ0n) is 13.9. The van der Waals surface area contributed by atoms with Gasteiger partial charge in [0.15, 0.2) is 17.4 Å². The second kappa shape index (κ2) is 7.13. The number of aryl methyl sites for hydroxylation is 1. The van der Waals surface area contributed by atoms with Crippen molar-refractivity contribution in [1.29, 1.82) is 0 Å². The van der Waals surface area contributed by atoms with E-state index in [4.69, 9.17) is 0 Å². The molecule has 0 saturated carbocycles. The smallest absolute Gasteiger partial charge is 0.227 e. The molecule has 132 valence electrons. The van der Waals surface area contributed by atoms with Crippen LogP contribution in [-0.2, 0) is 18.3 Å². The van der Waals surface area contributed by atoms with Gasteiger partial charge in [-0.15, -0.1) is 0 Å². The molecule has 1 aliphatic rings. The Morgan fingerprint density at radius 2 is 2.12 bits per heavy atom. The lowest BCUT2D eigenvalue weighted by Crippen LogP contribution is -2.38. The van der Waals surface area contributed by atoms with E-state index in [1.807, 2.05) is 0 Å². The minimum Gasteiger partial charge on any atom is -0.339 e. The van der Waals surface area contributed by atoms with Crippen LogP contribution in [0.1, 0.15) is 35.2 Å². The van der Waals surface area contributed by atoms with Crippen LogP contribution in [0, 0.1) is 11.6 Å². The molecule has 7 heteroatoms. The van der Waals surface area contributed by atoms with Gasteiger partial charge in [0.2, 0.25) is 5.91 Å². The Morgan fingerprint density at radius 1 is 1.32 bits per heavy atom. The monoisotopic (exact) mass is 347 g/mol. The molecule has 0 spiro atoms. The summed E-state index contributed by atoms with van der Waals surface area (Å²) in [7, 11) is 1.73. The first-order valence-electron chi connectivity index (χ1n) is 8.20. The first-order valence-corrected chi connectivity index (χ1v) is 8.20. The standard InChI is InChI=1S/C18H19F2N3O2/c1-22-11-13(10-21-22)16(24)9-14-5-3-7-23(14)17(25)8-12-4-2-6-15(19)18(12)20/h2,4,6,10-11,14H,3,5,7-9H2,1H3. The van der Waals surface area contributed by atoms with E-state index in [1.165, 1.54) is 18.3 Å². The largest absolute Gasteiger partial charge is 0.339 e. The van der Waals surface area contributed by atoms with Crippen molar-refractivity contribution in [2.45, 2.75) is 31.7 Å². The van der Waals surface area contributed by atoms with E-state index in [9.17, 15) is 18.4 Å². The zero-order valence-corrected chi connectivity index (χ0v) is 13.9. The van der Waals surface area contributed by atoms with Crippen LogP contribution in [-0.4, -0.2) is 39.0 Å². The van der Waals surface area contributed by atoms with Crippen molar-refractivity contribution in [3.05, 3.63) is 53.4 Å². The molecule has 1 aromatic carbocycles. The molecule has 3 rings (SSSR count). The highest BCUT2D eigenvalue weighted by molar-refractivity contribution is 5.96. The Labute approximate surface area is 144 Å². The number of amides is 1. The number of nitrogens with zero attached hydrogens (tertiary/aromatic N) is 3. The van der Waals surface area contributed by atoms with Crippen molar-refractivity contribution in [3.63, 3.8) is 0 Å². The summed E-state index contributed by atoms with van der Waals surface area (Å²) in [5, 5.41) is 3.98. The molecule has 5 nitrogen and oxygen atoms in total. The van der Waals surface area contributed by atoms with Gasteiger partial charge in [-0.3, -0.25) is 14.3 Å². The van der Waals surface area contributed by atoms with E-state index in [0.717, 1.165) is 18.9 Å². The number of ketones is 1. The van der Waals surface area contributed by atoms with Crippen LogP contribution in [0.15, 0.2) is 30.6 Å². The molecule has 0 radical (unpaired) electrons. The van der Waals surface area contributed by atoms with Gasteiger partial charge in [-0.2, -0.15) is 5.10 Å². The summed E-state index contributed by atoms with van der Waals surface area (Å²) in [5.41, 5.74) is 0.548. The second-order valence-corrected chi connectivity index (χ2v) is 6.30. The molecule has 2 aromatic rings. The van der Waals surface area contributed by atoms with Gasteiger partial charge >= 0.3 is 0 Å². The Morgan fingerprint density at radius 3 is 2.84 bits per heavy atom. The molecular formula is C18H19F2N3O2. The molecule has 0 bridgehead atoms. The fraction of sp³-hybridized carbons (Fsp3) is 0.389. The summed E-state index contributed by atoms with van der Waals surface area (Å²) < 4.78 is 28.6. The van der Waals surface area contributed by atoms with Crippen molar-refractivity contribution in [2.75, 3.05) is 6.54 Å². The van der Waals surface area contributed by atoms with Gasteiger partial charge in [-0.1, -0.05) is 12.1 Å². The van der Waals surface area contributed by atoms with Gasteiger partial charge in [-0.25, -0.2) is 8.78 Å². The number of aromatic nitrogens is 2. The summed E-state index contributed by atoms with van der Waals surface area (Å²) in [6.45, 7) is 0.529. The molecule has 1 saturated heterocycles. The summed E-state index contributed by atoms with van der Waals surface area (Å²) in [5.74, 6) is -2.31. The van der Waals surface area contributed by atoms with E-state index in [2.05, 4.69) is 5.10 Å². The van der Waals surface area contributed by atoms with E-state index in [1.54, 1.807) is 22.8 Å². The maximum absolute atomic E-state index is 13.8. The Balaban J connectivity index is 1.67. The number of halogens is 2. The lowest BCUT2D eigenvalue weighted by Gasteiger charge is -2.24. The van der Waals surface area contributed by atoms with Gasteiger partial charge in [0.25, 0.3) is 0 Å². The molecule has 0 aliphatic carbocycles. The molecule has 1 aliphatic heterocycles. The molecule has 2 heterocycles. The highest BCUT2D eigenvalue weighted by Crippen LogP contribution is 2.23. The number of carbonyl (C=O) groups is 2. The third kappa shape index (κ3) is 3.75. The third-order valence-electron chi connectivity index (χ3n) is 4.52. The molecule has 1 amide bonds. The summed E-state index contributed by atoms with van der Waals surface area (Å²) in [6.07, 6.45) is 4.67. The van der Waals surface area contributed by atoms with Crippen molar-refractivity contribution >= 4 is 11.7 Å². The second-order valence-electron chi connectivity index (χ2n) is 6.30. The van der Waals surface area contributed by atoms with E-state index >= 15 is 0 Å². The van der Waals surface area contributed by atoms with Crippen LogP contribution in [0.4, 0.5) is 8.78 Å². The number of likely N-dealkylation sites (tertiary alicyclic amines) is 1. The number of Topliss-reactive ketones (excluding diaryl/α,β-unsaturated/α-hetero) is 1. The van der Waals surface area contributed by atoms with Gasteiger partial charge in [0, 0.05) is 37.8 Å². The van der Waals surface area contributed by atoms with Crippen molar-refractivity contribution < 1.29 is 18.4 Å². The van der Waals surface area contributed by atoms with Gasteiger partial charge in [0.05, 0.1) is 18.2 Å². The molecule has 1 fully saturated rings. The van der Waals surface area contributed by atoms with Crippen LogP contribution >= 0.6 is 0 Å². The van der Waals surface area contributed by atoms with Gasteiger partial charge in [-0.05, 0) is 18.9 Å². The average molecular weight is 347 g/mol. The van der Waals surface area contributed by atoms with Gasteiger partial charge in [0.1, 0.15) is 0 Å². The lowest BCUT2D eigenvalue weighted by molar-refractivity contribution is -0.131. The number of hydrogen-bond acceptors (Lipinski definition) is 3. The average Bonchev–Trinajstić information content (AvgIpc) is 3.21. The number of hydrogen-bond donors (Lipinski definition) is 0. The SMILES string of the molecule is Cn1cc(C(=O)CC2CCCN2C(=O)Cc2cccc(F)c2F)cn1. The first kappa shape index (κ1) is 17.3. The van der Waals surface area contributed by atoms with E-state index in [-0.39, 0.29) is 36.1 Å². The highest BCUT2D eigenvalue weighted by atomic mass is 19.2. The predicted molar refractivity (Wildman–Crippen MR) is 87.0 cm³/mol. The minimum absolute atomic E-state index is 0.0363. The number of benzene rings is 1. The molecular weight excluding hydrogens is 328 g/mol. The van der Waals surface area contributed by atoms with E-state index in [0.29, 0.717) is 12.1 Å². The van der Waals surface area contributed by atoms with Crippen LogP contribution in [0.25, 0.3) is 0 Å². The Hall–Kier alpha value is -2.57. The number of carbonyl (C=O) groups excluding carboxylic acids is 2. The first-order chi connectivity index (χ1) is 12.0. The molecule has 0 N–H and O–H groups in total. The van der Waals surface area contributed by atoms with Crippen LogP contribution in [0.5, 0.6) is 0 Å². The van der Waals surface area contributed by atoms with E-state index < -0.39 is 11.6 Å². The summed E-state index contributed by atoms with van der Waals surface area (Å²) in [6, 6.07) is 3.60. The fourth-order valence-corrected chi connectivity index (χ4v) is 3.22. The van der Waals surface area contributed by atoms with Crippen LogP contribution < -0.4 is 0 Å². The Bertz CT molecular complexity index is 803. The minimum atomic E-state index is -0.988. The van der Waals surface area contributed by atoms with Gasteiger partial charge < -0.3 is 4.90 Å². The predicted octanol–water partition coefficient (Wildman–Crippen LogP) is 2.50. The van der Waals surface area contributed by atoms with Crippen molar-refractivity contribution in [2.24, 2.45) is 7.05 Å².